The first-order valence-electron chi connectivity index (χ1n) is 10.3. The van der Waals surface area contributed by atoms with Gasteiger partial charge in [0.25, 0.3) is 0 Å². The normalized spacial score (nSPS) is 15.1. The number of para-hydroxylation sites is 1. The molecule has 0 spiro atoms. The Balaban J connectivity index is 1.59. The summed E-state index contributed by atoms with van der Waals surface area (Å²) in [5.74, 6) is -0.312. The van der Waals surface area contributed by atoms with E-state index in [0.29, 0.717) is 13.0 Å². The van der Waals surface area contributed by atoms with E-state index in [1.54, 1.807) is 11.1 Å². The molecule has 0 bridgehead atoms. The van der Waals surface area contributed by atoms with Crippen LogP contribution in [0.4, 0.5) is 18.9 Å². The average molecular weight is 431 g/mol. The molecule has 164 valence electrons. The number of carbonyl (C=O) groups excluding carboxylic acids is 1. The molecule has 2 aromatic heterocycles. The van der Waals surface area contributed by atoms with Gasteiger partial charge in [0.15, 0.2) is 5.69 Å². The first kappa shape index (κ1) is 21.1. The van der Waals surface area contributed by atoms with Gasteiger partial charge in [-0.2, -0.15) is 18.3 Å². The van der Waals surface area contributed by atoms with Crippen molar-refractivity contribution in [3.8, 4) is 5.69 Å². The Morgan fingerprint density at radius 3 is 2.61 bits per heavy atom. The molecule has 1 unspecified atom stereocenters. The largest absolute Gasteiger partial charge is 0.434 e. The van der Waals surface area contributed by atoms with Crippen LogP contribution in [0.5, 0.6) is 0 Å². The quantitative estimate of drug-likeness (QED) is 0.602. The Kier molecular flexibility index (Phi) is 5.60. The van der Waals surface area contributed by atoms with E-state index in [1.807, 2.05) is 41.9 Å². The Morgan fingerprint density at radius 1 is 1.23 bits per heavy atom. The van der Waals surface area contributed by atoms with Gasteiger partial charge in [0.2, 0.25) is 5.91 Å². The number of aromatic nitrogens is 4. The molecule has 0 saturated carbocycles. The summed E-state index contributed by atoms with van der Waals surface area (Å²) in [5, 5.41) is 4.50. The molecular weight excluding hydrogens is 407 g/mol. The molecule has 3 aromatic rings. The van der Waals surface area contributed by atoms with Gasteiger partial charge in [-0.3, -0.25) is 4.79 Å². The lowest BCUT2D eigenvalue weighted by Gasteiger charge is -2.30. The van der Waals surface area contributed by atoms with Gasteiger partial charge in [-0.05, 0) is 38.3 Å². The van der Waals surface area contributed by atoms with Gasteiger partial charge in [0.05, 0.1) is 29.2 Å². The fraction of sp³-hybridized carbons (Fsp3) is 0.409. The highest BCUT2D eigenvalue weighted by atomic mass is 19.4. The van der Waals surface area contributed by atoms with Crippen molar-refractivity contribution in [3.63, 3.8) is 0 Å². The van der Waals surface area contributed by atoms with Crippen LogP contribution in [0.1, 0.15) is 37.0 Å². The highest BCUT2D eigenvalue weighted by molar-refractivity contribution is 5.95. The van der Waals surface area contributed by atoms with Gasteiger partial charge in [-0.25, -0.2) is 9.67 Å². The summed E-state index contributed by atoms with van der Waals surface area (Å²) >= 11 is 0. The highest BCUT2D eigenvalue weighted by Gasteiger charge is 2.35. The molecule has 1 aliphatic heterocycles. The summed E-state index contributed by atoms with van der Waals surface area (Å²) in [4.78, 5) is 18.7. The van der Waals surface area contributed by atoms with Crippen molar-refractivity contribution in [2.45, 2.75) is 45.8 Å². The van der Waals surface area contributed by atoms with E-state index in [-0.39, 0.29) is 18.3 Å². The van der Waals surface area contributed by atoms with Crippen LogP contribution in [0, 0.1) is 12.8 Å². The first-order valence-corrected chi connectivity index (χ1v) is 10.3. The third kappa shape index (κ3) is 4.08. The van der Waals surface area contributed by atoms with Gasteiger partial charge in [-0.15, -0.1) is 0 Å². The molecule has 1 aliphatic rings. The third-order valence-corrected chi connectivity index (χ3v) is 5.73. The SMILES string of the molecule is CCC(Cn1cc(C(F)(F)F)nc1C)C(=O)N1CCCc2c1cnn2-c1ccccc1. The molecule has 0 fully saturated rings. The maximum absolute atomic E-state index is 13.4. The Bertz CT molecular complexity index is 1070. The molecule has 4 rings (SSSR count). The standard InChI is InChI=1S/C22H24F3N5O/c1-3-16(13-28-14-20(22(23,24)25)27-15(28)2)21(31)29-11-7-10-18-19(29)12-26-30(18)17-8-5-4-6-9-17/h4-6,8-9,12,14,16H,3,7,10-11,13H2,1-2H3. The topological polar surface area (TPSA) is 56.0 Å². The first-order chi connectivity index (χ1) is 14.8. The summed E-state index contributed by atoms with van der Waals surface area (Å²) in [6.07, 6.45) is 0.305. The van der Waals surface area contributed by atoms with Gasteiger partial charge < -0.3 is 9.47 Å². The molecule has 1 amide bonds. The molecule has 31 heavy (non-hydrogen) atoms. The molecule has 3 heterocycles. The van der Waals surface area contributed by atoms with Crippen LogP contribution >= 0.6 is 0 Å². The summed E-state index contributed by atoms with van der Waals surface area (Å²) in [7, 11) is 0. The lowest BCUT2D eigenvalue weighted by atomic mass is 10.0. The predicted molar refractivity (Wildman–Crippen MR) is 110 cm³/mol. The molecular formula is C22H24F3N5O. The van der Waals surface area contributed by atoms with Gasteiger partial charge in [0, 0.05) is 19.3 Å². The number of imidazole rings is 1. The molecule has 1 aromatic carbocycles. The molecule has 6 nitrogen and oxygen atoms in total. The Hall–Kier alpha value is -3.10. The van der Waals surface area contributed by atoms with Crippen LogP contribution in [-0.2, 0) is 23.9 Å². The zero-order valence-corrected chi connectivity index (χ0v) is 17.4. The van der Waals surface area contributed by atoms with Crippen LogP contribution < -0.4 is 4.90 Å². The highest BCUT2D eigenvalue weighted by Crippen LogP contribution is 2.32. The van der Waals surface area contributed by atoms with Crippen molar-refractivity contribution in [1.29, 1.82) is 0 Å². The van der Waals surface area contributed by atoms with Crippen molar-refractivity contribution in [2.24, 2.45) is 5.92 Å². The van der Waals surface area contributed by atoms with E-state index in [0.717, 1.165) is 36.1 Å². The number of alkyl halides is 3. The summed E-state index contributed by atoms with van der Waals surface area (Å²) < 4.78 is 42.3. The number of benzene rings is 1. The number of hydrogen-bond donors (Lipinski definition) is 0. The monoisotopic (exact) mass is 431 g/mol. The number of rotatable bonds is 5. The minimum absolute atomic E-state index is 0.0993. The molecule has 1 atom stereocenters. The van der Waals surface area contributed by atoms with E-state index in [1.165, 1.54) is 11.5 Å². The lowest BCUT2D eigenvalue weighted by Crippen LogP contribution is -2.40. The zero-order valence-electron chi connectivity index (χ0n) is 17.4. The van der Waals surface area contributed by atoms with Crippen LogP contribution in [-0.4, -0.2) is 31.8 Å². The van der Waals surface area contributed by atoms with Crippen molar-refractivity contribution >= 4 is 11.6 Å². The van der Waals surface area contributed by atoms with E-state index < -0.39 is 17.8 Å². The number of halogens is 3. The molecule has 0 aliphatic carbocycles. The second-order valence-corrected chi connectivity index (χ2v) is 7.75. The summed E-state index contributed by atoms with van der Waals surface area (Å²) in [6, 6.07) is 9.73. The van der Waals surface area contributed by atoms with E-state index in [2.05, 4.69) is 10.1 Å². The molecule has 9 heteroatoms. The van der Waals surface area contributed by atoms with E-state index in [4.69, 9.17) is 0 Å². The predicted octanol–water partition coefficient (Wildman–Crippen LogP) is 4.40. The Morgan fingerprint density at radius 2 is 1.97 bits per heavy atom. The van der Waals surface area contributed by atoms with Crippen molar-refractivity contribution in [2.75, 3.05) is 11.4 Å². The number of anilines is 1. The summed E-state index contributed by atoms with van der Waals surface area (Å²) in [5.41, 5.74) is 1.74. The second kappa shape index (κ2) is 8.20. The zero-order chi connectivity index (χ0) is 22.2. The molecule has 0 saturated heterocycles. The molecule has 0 radical (unpaired) electrons. The number of fused-ring (bicyclic) bond motifs is 1. The van der Waals surface area contributed by atoms with Crippen LogP contribution in [0.2, 0.25) is 0 Å². The summed E-state index contributed by atoms with van der Waals surface area (Å²) in [6.45, 7) is 4.12. The van der Waals surface area contributed by atoms with Crippen molar-refractivity contribution in [1.82, 2.24) is 19.3 Å². The van der Waals surface area contributed by atoms with Crippen LogP contribution in [0.25, 0.3) is 5.69 Å². The van der Waals surface area contributed by atoms with Crippen molar-refractivity contribution in [3.05, 3.63) is 59.9 Å². The third-order valence-electron chi connectivity index (χ3n) is 5.73. The second-order valence-electron chi connectivity index (χ2n) is 7.75. The number of hydrogen-bond acceptors (Lipinski definition) is 3. The van der Waals surface area contributed by atoms with Gasteiger partial charge >= 0.3 is 6.18 Å². The number of nitrogens with zero attached hydrogens (tertiary/aromatic N) is 5. The fourth-order valence-corrected chi connectivity index (χ4v) is 4.04. The van der Waals surface area contributed by atoms with Crippen LogP contribution in [0.3, 0.4) is 0 Å². The minimum atomic E-state index is -4.50. The van der Waals surface area contributed by atoms with E-state index >= 15 is 0 Å². The van der Waals surface area contributed by atoms with Gasteiger partial charge in [0.1, 0.15) is 5.82 Å². The smallest absolute Gasteiger partial charge is 0.334 e. The van der Waals surface area contributed by atoms with Crippen molar-refractivity contribution < 1.29 is 18.0 Å². The number of amides is 1. The lowest BCUT2D eigenvalue weighted by molar-refractivity contribution is -0.141. The maximum atomic E-state index is 13.4. The minimum Gasteiger partial charge on any atom is -0.334 e. The molecule has 0 N–H and O–H groups in total. The number of aryl methyl sites for hydroxylation is 1. The fourth-order valence-electron chi connectivity index (χ4n) is 4.04. The van der Waals surface area contributed by atoms with E-state index in [9.17, 15) is 18.0 Å². The average Bonchev–Trinajstić information content (AvgIpc) is 3.35. The Labute approximate surface area is 178 Å². The van der Waals surface area contributed by atoms with Gasteiger partial charge in [-0.1, -0.05) is 25.1 Å². The number of carbonyl (C=O) groups is 1. The van der Waals surface area contributed by atoms with Crippen LogP contribution in [0.15, 0.2) is 42.7 Å². The maximum Gasteiger partial charge on any atom is 0.434 e.